The Kier molecular flexibility index (Phi) is 3.44. The highest BCUT2D eigenvalue weighted by Crippen LogP contribution is 2.22. The van der Waals surface area contributed by atoms with Crippen LogP contribution in [0.25, 0.3) is 0 Å². The number of rotatable bonds is 2. The van der Waals surface area contributed by atoms with Crippen molar-refractivity contribution in [3.05, 3.63) is 24.3 Å². The maximum Gasteiger partial charge on any atom is 0.175 e. The van der Waals surface area contributed by atoms with Crippen molar-refractivity contribution in [1.29, 1.82) is 0 Å². The molecule has 1 unspecified atom stereocenters. The van der Waals surface area contributed by atoms with Gasteiger partial charge in [-0.05, 0) is 24.3 Å². The van der Waals surface area contributed by atoms with E-state index in [-0.39, 0.29) is 0 Å². The van der Waals surface area contributed by atoms with Crippen LogP contribution >= 0.6 is 11.8 Å². The molecule has 0 saturated carbocycles. The number of sulfone groups is 1. The predicted molar refractivity (Wildman–Crippen MR) is 72.5 cm³/mol. The monoisotopic (exact) mass is 270 g/mol. The molecule has 1 aliphatic rings. The molecular formula is C11H14N2O2S2. The van der Waals surface area contributed by atoms with E-state index in [4.69, 9.17) is 0 Å². The maximum atomic E-state index is 11.3. The van der Waals surface area contributed by atoms with Gasteiger partial charge in [-0.15, -0.1) is 0 Å². The van der Waals surface area contributed by atoms with Gasteiger partial charge in [-0.1, -0.05) is 18.7 Å². The van der Waals surface area contributed by atoms with E-state index in [0.717, 1.165) is 17.4 Å². The van der Waals surface area contributed by atoms with Crippen LogP contribution in [0, 0.1) is 0 Å². The average molecular weight is 270 g/mol. The first kappa shape index (κ1) is 12.4. The van der Waals surface area contributed by atoms with Crippen LogP contribution in [0.3, 0.4) is 0 Å². The summed E-state index contributed by atoms with van der Waals surface area (Å²) < 4.78 is 22.6. The molecule has 0 aromatic heterocycles. The molecule has 17 heavy (non-hydrogen) atoms. The Morgan fingerprint density at radius 3 is 2.47 bits per heavy atom. The number of thioether (sulfide) groups is 1. The summed E-state index contributed by atoms with van der Waals surface area (Å²) in [6.45, 7) is 2.95. The Morgan fingerprint density at radius 1 is 1.35 bits per heavy atom. The lowest BCUT2D eigenvalue weighted by atomic mass is 10.3. The van der Waals surface area contributed by atoms with Crippen LogP contribution < -0.4 is 5.32 Å². The van der Waals surface area contributed by atoms with E-state index in [1.807, 2.05) is 0 Å². The van der Waals surface area contributed by atoms with Gasteiger partial charge in [-0.25, -0.2) is 8.42 Å². The molecule has 0 amide bonds. The molecule has 0 radical (unpaired) electrons. The zero-order valence-corrected chi connectivity index (χ0v) is 11.3. The molecule has 6 heteroatoms. The lowest BCUT2D eigenvalue weighted by molar-refractivity contribution is 0.602. The van der Waals surface area contributed by atoms with Gasteiger partial charge in [0.25, 0.3) is 0 Å². The molecule has 92 valence electrons. The Balaban J connectivity index is 2.09. The standard InChI is InChI=1S/C11H14N2O2S2/c1-8-7-12-11(16-8)13-9-3-5-10(6-4-9)17(2,14)15/h3-6,8H,7H2,1-2H3,(H,12,13). The SMILES string of the molecule is CC1CN=C(Nc2ccc(S(C)(=O)=O)cc2)S1. The summed E-state index contributed by atoms with van der Waals surface area (Å²) >= 11 is 1.69. The molecule has 0 fully saturated rings. The Labute approximate surface area is 105 Å². The highest BCUT2D eigenvalue weighted by atomic mass is 32.2. The second kappa shape index (κ2) is 4.70. The van der Waals surface area contributed by atoms with Crippen LogP contribution in [-0.2, 0) is 9.84 Å². The number of hydrogen-bond donors (Lipinski definition) is 1. The van der Waals surface area contributed by atoms with Crippen molar-refractivity contribution >= 4 is 32.5 Å². The summed E-state index contributed by atoms with van der Waals surface area (Å²) in [5.41, 5.74) is 0.859. The third-order valence-electron chi connectivity index (χ3n) is 2.34. The van der Waals surface area contributed by atoms with Crippen LogP contribution in [0.1, 0.15) is 6.92 Å². The fourth-order valence-corrected chi connectivity index (χ4v) is 2.94. The van der Waals surface area contributed by atoms with Gasteiger partial charge in [0, 0.05) is 17.2 Å². The van der Waals surface area contributed by atoms with Gasteiger partial charge >= 0.3 is 0 Å². The summed E-state index contributed by atoms with van der Waals surface area (Å²) in [6.07, 6.45) is 1.20. The molecule has 1 N–H and O–H groups in total. The number of aliphatic imine (C=N–C) groups is 1. The fourth-order valence-electron chi connectivity index (χ4n) is 1.45. The topological polar surface area (TPSA) is 58.5 Å². The number of benzene rings is 1. The lowest BCUT2D eigenvalue weighted by Gasteiger charge is -2.06. The molecule has 1 aliphatic heterocycles. The van der Waals surface area contributed by atoms with Crippen LogP contribution in [0.4, 0.5) is 5.69 Å². The van der Waals surface area contributed by atoms with Crippen molar-refractivity contribution in [2.24, 2.45) is 4.99 Å². The first-order valence-electron chi connectivity index (χ1n) is 5.23. The molecular weight excluding hydrogens is 256 g/mol. The van der Waals surface area contributed by atoms with Crippen molar-refractivity contribution < 1.29 is 8.42 Å². The normalized spacial score (nSPS) is 20.1. The van der Waals surface area contributed by atoms with Gasteiger partial charge < -0.3 is 5.32 Å². The lowest BCUT2D eigenvalue weighted by Crippen LogP contribution is -2.06. The van der Waals surface area contributed by atoms with Gasteiger partial charge in [0.2, 0.25) is 0 Å². The summed E-state index contributed by atoms with van der Waals surface area (Å²) in [6, 6.07) is 6.70. The Bertz CT molecular complexity index is 535. The van der Waals surface area contributed by atoms with E-state index in [2.05, 4.69) is 17.2 Å². The highest BCUT2D eigenvalue weighted by Gasteiger charge is 2.15. The molecule has 2 rings (SSSR count). The molecule has 0 bridgehead atoms. The molecule has 0 spiro atoms. The van der Waals surface area contributed by atoms with Crippen molar-refractivity contribution in [1.82, 2.24) is 0 Å². The Morgan fingerprint density at radius 2 is 2.00 bits per heavy atom. The summed E-state index contributed by atoms with van der Waals surface area (Å²) in [5, 5.41) is 4.57. The third kappa shape index (κ3) is 3.23. The molecule has 1 aromatic carbocycles. The van der Waals surface area contributed by atoms with Gasteiger partial charge in [0.15, 0.2) is 15.0 Å². The summed E-state index contributed by atoms with van der Waals surface area (Å²) in [5.74, 6) is 0. The quantitative estimate of drug-likeness (QED) is 0.893. The zero-order chi connectivity index (χ0) is 12.5. The van der Waals surface area contributed by atoms with E-state index >= 15 is 0 Å². The highest BCUT2D eigenvalue weighted by molar-refractivity contribution is 8.15. The number of anilines is 1. The van der Waals surface area contributed by atoms with E-state index in [0.29, 0.717) is 10.1 Å². The van der Waals surface area contributed by atoms with E-state index < -0.39 is 9.84 Å². The van der Waals surface area contributed by atoms with Crippen LogP contribution in [0.15, 0.2) is 34.2 Å². The minimum atomic E-state index is -3.12. The van der Waals surface area contributed by atoms with Crippen molar-refractivity contribution in [3.8, 4) is 0 Å². The first-order chi connectivity index (χ1) is 7.95. The molecule has 1 atom stereocenters. The smallest absolute Gasteiger partial charge is 0.175 e. The van der Waals surface area contributed by atoms with Gasteiger partial charge in [-0.2, -0.15) is 0 Å². The van der Waals surface area contributed by atoms with Gasteiger partial charge in [-0.3, -0.25) is 4.99 Å². The number of hydrogen-bond acceptors (Lipinski definition) is 5. The largest absolute Gasteiger partial charge is 0.335 e. The fraction of sp³-hybridized carbons (Fsp3) is 0.364. The second-order valence-electron chi connectivity index (χ2n) is 4.00. The zero-order valence-electron chi connectivity index (χ0n) is 9.67. The van der Waals surface area contributed by atoms with Crippen molar-refractivity contribution in [3.63, 3.8) is 0 Å². The summed E-state index contributed by atoms with van der Waals surface area (Å²) in [4.78, 5) is 4.66. The second-order valence-corrected chi connectivity index (χ2v) is 7.44. The minimum Gasteiger partial charge on any atom is -0.335 e. The number of nitrogens with one attached hydrogen (secondary N) is 1. The average Bonchev–Trinajstić information content (AvgIpc) is 2.63. The Hall–Kier alpha value is -1.01. The minimum absolute atomic E-state index is 0.331. The first-order valence-corrected chi connectivity index (χ1v) is 8.00. The van der Waals surface area contributed by atoms with E-state index in [9.17, 15) is 8.42 Å². The van der Waals surface area contributed by atoms with Crippen molar-refractivity contribution in [2.45, 2.75) is 17.1 Å². The van der Waals surface area contributed by atoms with Crippen LogP contribution in [0.2, 0.25) is 0 Å². The molecule has 1 heterocycles. The molecule has 0 saturated heterocycles. The summed E-state index contributed by atoms with van der Waals surface area (Å²) in [7, 11) is -3.12. The number of nitrogens with zero attached hydrogens (tertiary/aromatic N) is 1. The number of amidine groups is 1. The van der Waals surface area contributed by atoms with E-state index in [1.165, 1.54) is 6.26 Å². The molecule has 4 nitrogen and oxygen atoms in total. The van der Waals surface area contributed by atoms with Crippen molar-refractivity contribution in [2.75, 3.05) is 18.1 Å². The third-order valence-corrected chi connectivity index (χ3v) is 4.47. The van der Waals surface area contributed by atoms with Gasteiger partial charge in [0.05, 0.1) is 11.4 Å². The van der Waals surface area contributed by atoms with E-state index in [1.54, 1.807) is 36.0 Å². The van der Waals surface area contributed by atoms with Crippen LogP contribution in [0.5, 0.6) is 0 Å². The van der Waals surface area contributed by atoms with Gasteiger partial charge in [0.1, 0.15) is 0 Å². The van der Waals surface area contributed by atoms with Crippen LogP contribution in [-0.4, -0.2) is 31.6 Å². The predicted octanol–water partition coefficient (Wildman–Crippen LogP) is 1.99. The molecule has 1 aromatic rings. The molecule has 0 aliphatic carbocycles. The maximum absolute atomic E-state index is 11.3.